The van der Waals surface area contributed by atoms with E-state index in [0.29, 0.717) is 23.7 Å². The second-order valence-corrected chi connectivity index (χ2v) is 11.6. The zero-order valence-electron chi connectivity index (χ0n) is 23.2. The highest BCUT2D eigenvalue weighted by Gasteiger charge is 2.32. The Morgan fingerprint density at radius 3 is 2.38 bits per heavy atom. The van der Waals surface area contributed by atoms with Crippen molar-refractivity contribution in [3.63, 3.8) is 0 Å². The molecule has 3 aromatic carbocycles. The molecule has 2 amide bonds. The van der Waals surface area contributed by atoms with Gasteiger partial charge in [0.05, 0.1) is 4.47 Å². The highest BCUT2D eigenvalue weighted by molar-refractivity contribution is 9.10. The maximum Gasteiger partial charge on any atom is 0.261 e. The minimum Gasteiger partial charge on any atom is -0.483 e. The van der Waals surface area contributed by atoms with Crippen molar-refractivity contribution in [3.05, 3.63) is 99.8 Å². The molecule has 7 heteroatoms. The van der Waals surface area contributed by atoms with Crippen LogP contribution in [0.25, 0.3) is 0 Å². The van der Waals surface area contributed by atoms with Crippen LogP contribution in [0.1, 0.15) is 68.6 Å². The Bertz CT molecular complexity index is 1280. The van der Waals surface area contributed by atoms with E-state index in [2.05, 4.69) is 35.1 Å². The number of benzene rings is 3. The first-order valence-corrected chi connectivity index (χ1v) is 14.9. The lowest BCUT2D eigenvalue weighted by Gasteiger charge is -2.33. The fourth-order valence-corrected chi connectivity index (χ4v) is 5.64. The Kier molecular flexibility index (Phi) is 10.8. The van der Waals surface area contributed by atoms with Crippen LogP contribution in [0.15, 0.2) is 77.3 Å². The molecule has 40 heavy (non-hydrogen) atoms. The van der Waals surface area contributed by atoms with Crippen molar-refractivity contribution in [3.8, 4) is 5.75 Å². The van der Waals surface area contributed by atoms with E-state index in [1.54, 1.807) is 18.2 Å². The number of carbonyl (C=O) groups is 2. The lowest BCUT2D eigenvalue weighted by Crippen LogP contribution is -2.53. The number of amides is 2. The smallest absolute Gasteiger partial charge is 0.261 e. The zero-order chi connectivity index (χ0) is 28.5. The van der Waals surface area contributed by atoms with Crippen LogP contribution in [-0.4, -0.2) is 35.4 Å². The van der Waals surface area contributed by atoms with Gasteiger partial charge >= 0.3 is 0 Å². The molecule has 5 nitrogen and oxygen atoms in total. The second-order valence-electron chi connectivity index (χ2n) is 10.8. The number of rotatable bonds is 11. The van der Waals surface area contributed by atoms with Crippen molar-refractivity contribution in [2.45, 2.75) is 76.9 Å². The predicted molar refractivity (Wildman–Crippen MR) is 160 cm³/mol. The summed E-state index contributed by atoms with van der Waals surface area (Å²) in [4.78, 5) is 29.1. The highest BCUT2D eigenvalue weighted by Crippen LogP contribution is 2.29. The van der Waals surface area contributed by atoms with Gasteiger partial charge in [0.2, 0.25) is 5.91 Å². The summed E-state index contributed by atoms with van der Waals surface area (Å²) in [5.74, 6) is -0.135. The van der Waals surface area contributed by atoms with Crippen molar-refractivity contribution >= 4 is 27.7 Å². The van der Waals surface area contributed by atoms with Gasteiger partial charge in [-0.05, 0) is 64.0 Å². The molecule has 0 radical (unpaired) electrons. The lowest BCUT2D eigenvalue weighted by molar-refractivity contribution is -0.143. The normalized spacial score (nSPS) is 14.5. The molecule has 212 valence electrons. The van der Waals surface area contributed by atoms with Crippen molar-refractivity contribution in [2.75, 3.05) is 6.61 Å². The molecule has 4 rings (SSSR count). The summed E-state index contributed by atoms with van der Waals surface area (Å²) in [5, 5.41) is 3.20. The van der Waals surface area contributed by atoms with E-state index in [4.69, 9.17) is 4.74 Å². The minimum absolute atomic E-state index is 0.0437. The maximum atomic E-state index is 14.8. The first-order chi connectivity index (χ1) is 19.3. The molecular weight excluding hydrogens is 571 g/mol. The average Bonchev–Trinajstić information content (AvgIpc) is 2.96. The molecule has 3 aromatic rings. The molecule has 1 N–H and O–H groups in total. The Morgan fingerprint density at radius 2 is 1.70 bits per heavy atom. The number of hydrogen-bond acceptors (Lipinski definition) is 3. The first-order valence-electron chi connectivity index (χ1n) is 14.1. The second kappa shape index (κ2) is 14.4. The van der Waals surface area contributed by atoms with Crippen LogP contribution in [0, 0.1) is 5.82 Å². The molecule has 1 aliphatic carbocycles. The molecule has 0 bridgehead atoms. The molecule has 0 spiro atoms. The van der Waals surface area contributed by atoms with Crippen LogP contribution in [0.5, 0.6) is 5.75 Å². The van der Waals surface area contributed by atoms with Crippen LogP contribution in [-0.2, 0) is 22.6 Å². The van der Waals surface area contributed by atoms with E-state index in [1.807, 2.05) is 48.5 Å². The summed E-state index contributed by atoms with van der Waals surface area (Å²) in [6.45, 7) is 3.89. The zero-order valence-corrected chi connectivity index (χ0v) is 24.8. The molecule has 0 saturated heterocycles. The summed E-state index contributed by atoms with van der Waals surface area (Å²) in [6.07, 6.45) is 5.48. The van der Waals surface area contributed by atoms with Gasteiger partial charge in [0.1, 0.15) is 17.6 Å². The number of nitrogens with zero attached hydrogens (tertiary/aromatic N) is 1. The van der Waals surface area contributed by atoms with Gasteiger partial charge in [-0.15, -0.1) is 0 Å². The maximum absolute atomic E-state index is 14.8. The molecule has 0 aromatic heterocycles. The molecular formula is C33H38BrFN2O3. The van der Waals surface area contributed by atoms with Crippen LogP contribution in [0.3, 0.4) is 0 Å². The quantitative estimate of drug-likeness (QED) is 0.251. The molecule has 1 aliphatic rings. The molecule has 1 unspecified atom stereocenters. The van der Waals surface area contributed by atoms with Gasteiger partial charge in [-0.2, -0.15) is 0 Å². The van der Waals surface area contributed by atoms with E-state index in [0.717, 1.165) is 41.3 Å². The molecule has 0 aliphatic heterocycles. The average molecular weight is 610 g/mol. The lowest BCUT2D eigenvalue weighted by atomic mass is 9.94. The Hall–Kier alpha value is -3.19. The van der Waals surface area contributed by atoms with Gasteiger partial charge in [0, 0.05) is 24.6 Å². The predicted octanol–water partition coefficient (Wildman–Crippen LogP) is 7.18. The van der Waals surface area contributed by atoms with E-state index >= 15 is 0 Å². The van der Waals surface area contributed by atoms with Gasteiger partial charge in [-0.25, -0.2) is 4.39 Å². The van der Waals surface area contributed by atoms with Gasteiger partial charge in [0.25, 0.3) is 5.91 Å². The third-order valence-corrected chi connectivity index (χ3v) is 8.11. The Balaban J connectivity index is 1.62. The minimum atomic E-state index is -0.827. The van der Waals surface area contributed by atoms with Gasteiger partial charge in [-0.1, -0.05) is 87.7 Å². The van der Waals surface area contributed by atoms with Gasteiger partial charge in [0.15, 0.2) is 6.61 Å². The van der Waals surface area contributed by atoms with E-state index in [9.17, 15) is 14.0 Å². The largest absolute Gasteiger partial charge is 0.483 e. The van der Waals surface area contributed by atoms with Crippen LogP contribution in [0.4, 0.5) is 4.39 Å². The summed E-state index contributed by atoms with van der Waals surface area (Å²) < 4.78 is 21.5. The standard InChI is InChI=1S/C33H38BrFN2O3/c1-23(2)25-17-18-31(28(34)20-25)40-22-32(38)37(21-26-13-9-10-16-29(26)35)30(19-24-11-5-3-6-12-24)33(39)36-27-14-7-4-8-15-27/h3,5-6,9-13,16-18,20,23,27,30H,4,7-8,14-15,19,21-22H2,1-2H3,(H,36,39). The first kappa shape index (κ1) is 29.8. The molecule has 1 atom stereocenters. The fourth-order valence-electron chi connectivity index (χ4n) is 5.12. The van der Waals surface area contributed by atoms with Crippen molar-refractivity contribution in [2.24, 2.45) is 0 Å². The Morgan fingerprint density at radius 1 is 1.00 bits per heavy atom. The van der Waals surface area contributed by atoms with Crippen molar-refractivity contribution in [1.82, 2.24) is 10.2 Å². The number of carbonyl (C=O) groups excluding carboxylic acids is 2. The third kappa shape index (κ3) is 8.17. The summed E-state index contributed by atoms with van der Waals surface area (Å²) in [6, 6.07) is 21.0. The summed E-state index contributed by atoms with van der Waals surface area (Å²) >= 11 is 3.55. The SMILES string of the molecule is CC(C)c1ccc(OCC(=O)N(Cc2ccccc2F)C(Cc2ccccc2)C(=O)NC2CCCCC2)c(Br)c1. The third-order valence-electron chi connectivity index (χ3n) is 7.49. The Labute approximate surface area is 245 Å². The van der Waals surface area contributed by atoms with Gasteiger partial charge < -0.3 is 15.0 Å². The number of ether oxygens (including phenoxy) is 1. The number of nitrogens with one attached hydrogen (secondary N) is 1. The topological polar surface area (TPSA) is 58.6 Å². The van der Waals surface area contributed by atoms with E-state index in [1.165, 1.54) is 17.4 Å². The van der Waals surface area contributed by atoms with Crippen LogP contribution in [0.2, 0.25) is 0 Å². The van der Waals surface area contributed by atoms with E-state index in [-0.39, 0.29) is 31.0 Å². The number of hydrogen-bond donors (Lipinski definition) is 1. The fraction of sp³-hybridized carbons (Fsp3) is 0.394. The van der Waals surface area contributed by atoms with Crippen molar-refractivity contribution < 1.29 is 18.7 Å². The van der Waals surface area contributed by atoms with Gasteiger partial charge in [-0.3, -0.25) is 9.59 Å². The summed E-state index contributed by atoms with van der Waals surface area (Å²) in [7, 11) is 0. The summed E-state index contributed by atoms with van der Waals surface area (Å²) in [5.41, 5.74) is 2.42. The highest BCUT2D eigenvalue weighted by atomic mass is 79.9. The molecule has 0 heterocycles. The monoisotopic (exact) mass is 608 g/mol. The van der Waals surface area contributed by atoms with E-state index < -0.39 is 11.9 Å². The molecule has 1 fully saturated rings. The van der Waals surface area contributed by atoms with Crippen LogP contribution >= 0.6 is 15.9 Å². The number of halogens is 2. The molecule has 1 saturated carbocycles. The van der Waals surface area contributed by atoms with Crippen molar-refractivity contribution in [1.29, 1.82) is 0 Å². The van der Waals surface area contributed by atoms with Crippen LogP contribution < -0.4 is 10.1 Å².